The summed E-state index contributed by atoms with van der Waals surface area (Å²) in [5, 5.41) is 5.87. The standard InChI is InChI=1S/C20H17ClFN3O2/c21-19-8-7-15(11-23-19)12-24-20(26)25-17-5-2-6-18(10-17)27-13-14-3-1-4-16(22)9-14/h1-11H,12-13H2,(H2,24,25,26). The Morgan fingerprint density at radius 3 is 2.70 bits per heavy atom. The van der Waals surface area contributed by atoms with Gasteiger partial charge < -0.3 is 15.4 Å². The average molecular weight is 386 g/mol. The molecule has 0 radical (unpaired) electrons. The number of anilines is 1. The van der Waals surface area contributed by atoms with Crippen LogP contribution in [0.15, 0.2) is 66.9 Å². The highest BCUT2D eigenvalue weighted by molar-refractivity contribution is 6.29. The summed E-state index contributed by atoms with van der Waals surface area (Å²) >= 11 is 5.73. The number of hydrogen-bond acceptors (Lipinski definition) is 3. The van der Waals surface area contributed by atoms with Gasteiger partial charge in [-0.3, -0.25) is 0 Å². The molecule has 7 heteroatoms. The number of nitrogens with one attached hydrogen (secondary N) is 2. The van der Waals surface area contributed by atoms with E-state index in [0.29, 0.717) is 23.1 Å². The van der Waals surface area contributed by atoms with Gasteiger partial charge in [-0.25, -0.2) is 14.2 Å². The molecule has 0 bridgehead atoms. The zero-order valence-corrected chi connectivity index (χ0v) is 15.0. The van der Waals surface area contributed by atoms with Gasteiger partial charge in [-0.1, -0.05) is 35.9 Å². The number of carbonyl (C=O) groups is 1. The van der Waals surface area contributed by atoms with E-state index in [1.54, 1.807) is 54.7 Å². The van der Waals surface area contributed by atoms with E-state index in [2.05, 4.69) is 15.6 Å². The molecule has 138 valence electrons. The fraction of sp³-hybridized carbons (Fsp3) is 0.100. The predicted molar refractivity (Wildman–Crippen MR) is 102 cm³/mol. The van der Waals surface area contributed by atoms with Crippen LogP contribution in [0.3, 0.4) is 0 Å². The lowest BCUT2D eigenvalue weighted by Crippen LogP contribution is -2.28. The number of hydrogen-bond donors (Lipinski definition) is 2. The Hall–Kier alpha value is -3.12. The van der Waals surface area contributed by atoms with Gasteiger partial charge in [0.1, 0.15) is 23.3 Å². The molecule has 1 heterocycles. The van der Waals surface area contributed by atoms with Gasteiger partial charge in [-0.2, -0.15) is 0 Å². The summed E-state index contributed by atoms with van der Waals surface area (Å²) in [6.07, 6.45) is 1.60. The monoisotopic (exact) mass is 385 g/mol. The maximum atomic E-state index is 13.2. The molecule has 0 spiro atoms. The third-order valence-electron chi connectivity index (χ3n) is 3.63. The van der Waals surface area contributed by atoms with Crippen LogP contribution in [-0.2, 0) is 13.2 Å². The first-order valence-corrected chi connectivity index (χ1v) is 8.59. The van der Waals surface area contributed by atoms with Crippen molar-refractivity contribution in [3.8, 4) is 5.75 Å². The Kier molecular flexibility index (Phi) is 6.22. The van der Waals surface area contributed by atoms with Gasteiger partial charge in [0.2, 0.25) is 0 Å². The molecule has 0 aliphatic carbocycles. The second-order valence-electron chi connectivity index (χ2n) is 5.74. The van der Waals surface area contributed by atoms with Crippen molar-refractivity contribution in [1.29, 1.82) is 0 Å². The van der Waals surface area contributed by atoms with Crippen molar-refractivity contribution in [2.24, 2.45) is 0 Å². The molecule has 0 aliphatic rings. The molecule has 5 nitrogen and oxygen atoms in total. The molecule has 1 aromatic heterocycles. The molecular formula is C20H17ClFN3O2. The molecule has 0 saturated carbocycles. The first-order chi connectivity index (χ1) is 13.1. The van der Waals surface area contributed by atoms with E-state index in [0.717, 1.165) is 11.1 Å². The summed E-state index contributed by atoms with van der Waals surface area (Å²) in [5.74, 6) is 0.262. The largest absolute Gasteiger partial charge is 0.489 e. The second-order valence-corrected chi connectivity index (χ2v) is 6.13. The first-order valence-electron chi connectivity index (χ1n) is 8.21. The molecule has 0 saturated heterocycles. The van der Waals surface area contributed by atoms with Crippen molar-refractivity contribution < 1.29 is 13.9 Å². The molecule has 3 aromatic rings. The lowest BCUT2D eigenvalue weighted by atomic mass is 10.2. The molecular weight excluding hydrogens is 369 g/mol. The summed E-state index contributed by atoms with van der Waals surface area (Å²) in [4.78, 5) is 16.0. The fourth-order valence-electron chi connectivity index (χ4n) is 2.33. The number of amides is 2. The molecule has 2 amide bonds. The minimum Gasteiger partial charge on any atom is -0.489 e. The average Bonchev–Trinajstić information content (AvgIpc) is 2.66. The SMILES string of the molecule is O=C(NCc1ccc(Cl)nc1)Nc1cccc(OCc2cccc(F)c2)c1. The maximum absolute atomic E-state index is 13.2. The Morgan fingerprint density at radius 2 is 1.93 bits per heavy atom. The lowest BCUT2D eigenvalue weighted by molar-refractivity contribution is 0.251. The van der Waals surface area contributed by atoms with Crippen molar-refractivity contribution in [2.45, 2.75) is 13.2 Å². The van der Waals surface area contributed by atoms with Crippen LogP contribution in [0.2, 0.25) is 5.15 Å². The van der Waals surface area contributed by atoms with Crippen LogP contribution in [0.4, 0.5) is 14.9 Å². The van der Waals surface area contributed by atoms with Crippen molar-refractivity contribution in [1.82, 2.24) is 10.3 Å². The third kappa shape index (κ3) is 5.97. The van der Waals surface area contributed by atoms with E-state index in [1.807, 2.05) is 0 Å². The highest BCUT2D eigenvalue weighted by Crippen LogP contribution is 2.19. The van der Waals surface area contributed by atoms with Gasteiger partial charge in [0.15, 0.2) is 0 Å². The van der Waals surface area contributed by atoms with E-state index in [-0.39, 0.29) is 18.5 Å². The van der Waals surface area contributed by atoms with Gasteiger partial charge >= 0.3 is 6.03 Å². The maximum Gasteiger partial charge on any atom is 0.319 e. The van der Waals surface area contributed by atoms with E-state index in [4.69, 9.17) is 16.3 Å². The van der Waals surface area contributed by atoms with E-state index in [9.17, 15) is 9.18 Å². The minimum atomic E-state index is -0.354. The van der Waals surface area contributed by atoms with Gasteiger partial charge in [0.05, 0.1) is 0 Å². The van der Waals surface area contributed by atoms with Crippen LogP contribution >= 0.6 is 11.6 Å². The second kappa shape index (κ2) is 9.00. The van der Waals surface area contributed by atoms with Crippen LogP contribution in [-0.4, -0.2) is 11.0 Å². The lowest BCUT2D eigenvalue weighted by Gasteiger charge is -2.10. The van der Waals surface area contributed by atoms with Gasteiger partial charge in [0, 0.05) is 24.5 Å². The summed E-state index contributed by atoms with van der Waals surface area (Å²) in [6, 6.07) is 16.3. The molecule has 27 heavy (non-hydrogen) atoms. The van der Waals surface area contributed by atoms with Crippen LogP contribution < -0.4 is 15.4 Å². The number of benzene rings is 2. The number of rotatable bonds is 6. The molecule has 2 aromatic carbocycles. The number of aromatic nitrogens is 1. The predicted octanol–water partition coefficient (Wildman–Crippen LogP) is 4.77. The van der Waals surface area contributed by atoms with Crippen LogP contribution in [0.25, 0.3) is 0 Å². The molecule has 0 unspecified atom stereocenters. The summed E-state index contributed by atoms with van der Waals surface area (Å²) in [6.45, 7) is 0.558. The number of urea groups is 1. The Bertz CT molecular complexity index is 919. The van der Waals surface area contributed by atoms with Crippen molar-refractivity contribution in [2.75, 3.05) is 5.32 Å². The molecule has 0 aliphatic heterocycles. The molecule has 3 rings (SSSR count). The highest BCUT2D eigenvalue weighted by atomic mass is 35.5. The smallest absolute Gasteiger partial charge is 0.319 e. The highest BCUT2D eigenvalue weighted by Gasteiger charge is 2.04. The Morgan fingerprint density at radius 1 is 1.07 bits per heavy atom. The summed E-state index contributed by atoms with van der Waals surface area (Å²) < 4.78 is 18.8. The topological polar surface area (TPSA) is 63.2 Å². The van der Waals surface area contributed by atoms with Crippen LogP contribution in [0, 0.1) is 5.82 Å². The van der Waals surface area contributed by atoms with E-state index >= 15 is 0 Å². The summed E-state index contributed by atoms with van der Waals surface area (Å²) in [5.41, 5.74) is 2.14. The fourth-order valence-corrected chi connectivity index (χ4v) is 2.44. The number of nitrogens with zero attached hydrogens (tertiary/aromatic N) is 1. The van der Waals surface area contributed by atoms with Crippen LogP contribution in [0.1, 0.15) is 11.1 Å². The van der Waals surface area contributed by atoms with Gasteiger partial charge in [-0.15, -0.1) is 0 Å². The van der Waals surface area contributed by atoms with Crippen molar-refractivity contribution in [3.63, 3.8) is 0 Å². The normalized spacial score (nSPS) is 10.3. The molecule has 0 fully saturated rings. The first kappa shape index (κ1) is 18.7. The van der Waals surface area contributed by atoms with Gasteiger partial charge in [-0.05, 0) is 41.5 Å². The molecule has 2 N–H and O–H groups in total. The number of pyridine rings is 1. The zero-order valence-electron chi connectivity index (χ0n) is 14.3. The van der Waals surface area contributed by atoms with E-state index in [1.165, 1.54) is 12.1 Å². The summed E-state index contributed by atoms with van der Waals surface area (Å²) in [7, 11) is 0. The van der Waals surface area contributed by atoms with Crippen molar-refractivity contribution in [3.05, 3.63) is 89.0 Å². The number of carbonyl (C=O) groups excluding carboxylic acids is 1. The minimum absolute atomic E-state index is 0.233. The Labute approximate surface area is 161 Å². The number of halogens is 2. The van der Waals surface area contributed by atoms with Crippen LogP contribution in [0.5, 0.6) is 5.75 Å². The number of ether oxygens (including phenoxy) is 1. The quantitative estimate of drug-likeness (QED) is 0.600. The van der Waals surface area contributed by atoms with Crippen molar-refractivity contribution >= 4 is 23.3 Å². The van der Waals surface area contributed by atoms with E-state index < -0.39 is 0 Å². The molecule has 0 atom stereocenters. The van der Waals surface area contributed by atoms with Gasteiger partial charge in [0.25, 0.3) is 0 Å². The zero-order chi connectivity index (χ0) is 19.1. The Balaban J connectivity index is 1.52. The third-order valence-corrected chi connectivity index (χ3v) is 3.85.